The zero-order valence-corrected chi connectivity index (χ0v) is 16.7. The van der Waals surface area contributed by atoms with Gasteiger partial charge in [0, 0.05) is 36.7 Å². The zero-order valence-electron chi connectivity index (χ0n) is 15.8. The van der Waals surface area contributed by atoms with Gasteiger partial charge in [-0.2, -0.15) is 0 Å². The summed E-state index contributed by atoms with van der Waals surface area (Å²) in [7, 11) is 0. The Morgan fingerprint density at radius 2 is 2.00 bits per heavy atom. The summed E-state index contributed by atoms with van der Waals surface area (Å²) >= 11 is 2.04. The van der Waals surface area contributed by atoms with E-state index in [1.807, 2.05) is 30.4 Å². The van der Waals surface area contributed by atoms with Gasteiger partial charge >= 0.3 is 0 Å². The van der Waals surface area contributed by atoms with Crippen molar-refractivity contribution in [1.82, 2.24) is 4.31 Å². The van der Waals surface area contributed by atoms with Crippen LogP contribution in [0, 0.1) is 17.7 Å². The van der Waals surface area contributed by atoms with Crippen molar-refractivity contribution in [3.63, 3.8) is 0 Å². The van der Waals surface area contributed by atoms with Gasteiger partial charge < -0.3 is 4.74 Å². The van der Waals surface area contributed by atoms with E-state index in [1.165, 1.54) is 18.9 Å². The predicted octanol–water partition coefficient (Wildman–Crippen LogP) is 5.23. The topological polar surface area (TPSA) is 24.8 Å². The lowest BCUT2D eigenvalue weighted by molar-refractivity contribution is 0.0602. The van der Waals surface area contributed by atoms with E-state index in [2.05, 4.69) is 27.5 Å². The van der Waals surface area contributed by atoms with Crippen LogP contribution in [0.1, 0.15) is 31.2 Å². The Morgan fingerprint density at radius 1 is 1.14 bits per heavy atom. The smallest absolute Gasteiger partial charge is 0.123 e. The van der Waals surface area contributed by atoms with Crippen molar-refractivity contribution in [3.05, 3.63) is 65.8 Å². The molecule has 2 fully saturated rings. The van der Waals surface area contributed by atoms with Gasteiger partial charge in [-0.25, -0.2) is 4.39 Å². The summed E-state index contributed by atoms with van der Waals surface area (Å²) in [6.07, 6.45) is 15.3. The van der Waals surface area contributed by atoms with Crippen LogP contribution in [0.4, 0.5) is 4.39 Å². The highest BCUT2D eigenvalue weighted by molar-refractivity contribution is 7.97. The number of fused-ring (bicyclic) bond motifs is 1. The molecule has 1 saturated carbocycles. The molecule has 0 N–H and O–H groups in total. The third kappa shape index (κ3) is 4.11. The molecule has 1 saturated heterocycles. The van der Waals surface area contributed by atoms with Crippen LogP contribution in [0.15, 0.2) is 59.4 Å². The van der Waals surface area contributed by atoms with Crippen molar-refractivity contribution < 1.29 is 9.13 Å². The number of hydrogen-bond donors (Lipinski definition) is 0. The minimum atomic E-state index is -0.210. The van der Waals surface area contributed by atoms with Crippen LogP contribution in [0.5, 0.6) is 0 Å². The molecule has 2 atom stereocenters. The molecule has 0 bridgehead atoms. The Labute approximate surface area is 170 Å². The van der Waals surface area contributed by atoms with E-state index in [9.17, 15) is 4.39 Å². The maximum Gasteiger partial charge on any atom is 0.123 e. The van der Waals surface area contributed by atoms with Crippen molar-refractivity contribution in [2.24, 2.45) is 16.8 Å². The second-order valence-electron chi connectivity index (χ2n) is 7.97. The highest BCUT2D eigenvalue weighted by Gasteiger charge is 2.32. The van der Waals surface area contributed by atoms with Gasteiger partial charge in [-0.15, -0.1) is 0 Å². The van der Waals surface area contributed by atoms with Crippen LogP contribution in [-0.4, -0.2) is 35.0 Å². The number of hydrogen-bond acceptors (Lipinski definition) is 4. The molecule has 146 valence electrons. The van der Waals surface area contributed by atoms with E-state index in [-0.39, 0.29) is 23.8 Å². The lowest BCUT2D eigenvalue weighted by Crippen LogP contribution is -2.34. The molecule has 0 radical (unpaired) electrons. The minimum absolute atomic E-state index is 0.140. The summed E-state index contributed by atoms with van der Waals surface area (Å²) in [5, 5.41) is 0.864. The van der Waals surface area contributed by atoms with Crippen molar-refractivity contribution in [1.29, 1.82) is 0 Å². The molecular formula is C23H25FN2OS. The van der Waals surface area contributed by atoms with E-state index < -0.39 is 0 Å². The number of ether oxygens (including phenoxy) is 1. The van der Waals surface area contributed by atoms with Crippen LogP contribution < -0.4 is 0 Å². The Morgan fingerprint density at radius 3 is 2.79 bits per heavy atom. The first-order valence-corrected chi connectivity index (χ1v) is 11.1. The summed E-state index contributed by atoms with van der Waals surface area (Å²) in [5.74, 6) is 1.10. The summed E-state index contributed by atoms with van der Waals surface area (Å²) < 4.78 is 22.8. The first kappa shape index (κ1) is 18.2. The van der Waals surface area contributed by atoms with Crippen molar-refractivity contribution in [3.8, 4) is 0 Å². The van der Waals surface area contributed by atoms with Crippen LogP contribution >= 0.6 is 11.9 Å². The fourth-order valence-corrected chi connectivity index (χ4v) is 5.22. The lowest BCUT2D eigenvalue weighted by atomic mass is 9.82. The fraction of sp³-hybridized carbons (Fsp3) is 0.435. The Balaban J connectivity index is 1.32. The number of piperidine rings is 1. The Kier molecular flexibility index (Phi) is 5.12. The second kappa shape index (κ2) is 7.88. The number of nitrogens with zero attached hydrogens (tertiary/aromatic N) is 2. The van der Waals surface area contributed by atoms with Gasteiger partial charge in [-0.05, 0) is 55.0 Å². The number of rotatable bonds is 5. The Hall–Kier alpha value is -1.85. The second-order valence-corrected chi connectivity index (χ2v) is 9.37. The van der Waals surface area contributed by atoms with Crippen LogP contribution in [-0.2, 0) is 4.74 Å². The molecule has 4 aliphatic rings. The first-order chi connectivity index (χ1) is 13.7. The average molecular weight is 397 g/mol. The van der Waals surface area contributed by atoms with Crippen LogP contribution in [0.2, 0.25) is 0 Å². The average Bonchev–Trinajstić information content (AvgIpc) is 3.53. The van der Waals surface area contributed by atoms with E-state index in [1.54, 1.807) is 12.1 Å². The van der Waals surface area contributed by atoms with Gasteiger partial charge in [0.15, 0.2) is 0 Å². The molecule has 2 unspecified atom stereocenters. The van der Waals surface area contributed by atoms with Gasteiger partial charge in [0.05, 0.1) is 5.92 Å². The van der Waals surface area contributed by atoms with Crippen LogP contribution in [0.3, 0.4) is 0 Å². The molecule has 0 amide bonds. The van der Waals surface area contributed by atoms with E-state index in [0.717, 1.165) is 48.1 Å². The molecule has 5 rings (SSSR count). The summed E-state index contributed by atoms with van der Waals surface area (Å²) in [5.41, 5.74) is 1.92. The van der Waals surface area contributed by atoms with Crippen molar-refractivity contribution in [2.75, 3.05) is 13.1 Å². The maximum atomic E-state index is 13.7. The quantitative estimate of drug-likeness (QED) is 0.637. The number of allylic oxidation sites excluding steroid dienone is 5. The van der Waals surface area contributed by atoms with Gasteiger partial charge in [-0.1, -0.05) is 36.2 Å². The molecule has 1 aromatic rings. The Bertz CT molecular complexity index is 850. The third-order valence-electron chi connectivity index (χ3n) is 5.74. The highest BCUT2D eigenvalue weighted by Crippen LogP contribution is 2.39. The van der Waals surface area contributed by atoms with Gasteiger partial charge in [0.1, 0.15) is 17.7 Å². The largest absolute Gasteiger partial charge is 0.494 e. The molecule has 5 heteroatoms. The molecule has 2 aliphatic heterocycles. The molecule has 1 aromatic carbocycles. The molecular weight excluding hydrogens is 371 g/mol. The molecule has 2 aliphatic carbocycles. The lowest BCUT2D eigenvalue weighted by Gasteiger charge is -2.35. The monoisotopic (exact) mass is 396 g/mol. The molecule has 0 aromatic heterocycles. The zero-order chi connectivity index (χ0) is 18.9. The highest BCUT2D eigenvalue weighted by atomic mass is 32.2. The molecule has 3 nitrogen and oxygen atoms in total. The SMILES string of the molecule is Fc1cccc(C2=CC3C=CN=CC3C(OC3CCN(SC4CC4)CC3)=C2)c1. The number of halogens is 1. The van der Waals surface area contributed by atoms with Gasteiger partial charge in [0.25, 0.3) is 0 Å². The van der Waals surface area contributed by atoms with Gasteiger partial charge in [-0.3, -0.25) is 9.30 Å². The molecule has 0 spiro atoms. The molecule has 2 heterocycles. The van der Waals surface area contributed by atoms with E-state index in [4.69, 9.17) is 4.74 Å². The van der Waals surface area contributed by atoms with Crippen molar-refractivity contribution in [2.45, 2.75) is 37.0 Å². The predicted molar refractivity (Wildman–Crippen MR) is 113 cm³/mol. The summed E-state index contributed by atoms with van der Waals surface area (Å²) in [6.45, 7) is 2.18. The minimum Gasteiger partial charge on any atom is -0.494 e. The number of benzene rings is 1. The summed E-state index contributed by atoms with van der Waals surface area (Å²) in [4.78, 5) is 4.34. The fourth-order valence-electron chi connectivity index (χ4n) is 4.03. The van der Waals surface area contributed by atoms with E-state index in [0.29, 0.717) is 0 Å². The molecule has 28 heavy (non-hydrogen) atoms. The summed E-state index contributed by atoms with van der Waals surface area (Å²) in [6, 6.07) is 6.79. The normalized spacial score (nSPS) is 27.9. The third-order valence-corrected chi connectivity index (χ3v) is 7.17. The first-order valence-electron chi connectivity index (χ1n) is 10.2. The van der Waals surface area contributed by atoms with Crippen LogP contribution in [0.25, 0.3) is 5.57 Å². The van der Waals surface area contributed by atoms with Crippen molar-refractivity contribution >= 4 is 23.7 Å². The standard InChI is InChI=1S/C23H25FN2OS/c24-19-3-1-2-16(13-19)18-12-17-6-9-25-15-22(17)23(14-18)27-20-7-10-26(11-8-20)28-21-4-5-21/h1-3,6,9,12-15,17,20-22H,4-5,7-8,10-11H2. The maximum absolute atomic E-state index is 13.7. The van der Waals surface area contributed by atoms with E-state index >= 15 is 0 Å². The van der Waals surface area contributed by atoms with Gasteiger partial charge in [0.2, 0.25) is 0 Å². The number of aliphatic imine (C=N–C) groups is 1.